The van der Waals surface area contributed by atoms with Crippen molar-refractivity contribution in [2.24, 2.45) is 0 Å². The molecule has 0 saturated carbocycles. The Kier molecular flexibility index (Phi) is 4.31. The molecule has 2 aromatic rings. The Hall–Kier alpha value is -2.95. The van der Waals surface area contributed by atoms with E-state index < -0.39 is 23.3 Å². The largest absolute Gasteiger partial charge is 0.444 e. The third kappa shape index (κ3) is 3.83. The highest BCUT2D eigenvalue weighted by atomic mass is 19.2. The number of carbonyl (C=O) groups excluding carboxylic acids is 1. The zero-order valence-corrected chi connectivity index (χ0v) is 12.7. The minimum Gasteiger partial charge on any atom is -0.444 e. The number of ether oxygens (including phenoxy) is 1. The SMILES string of the molecule is CC(C)(C)OC(=O)Nc1c(C#N)cnn1-c1ccc(F)c(F)c1. The van der Waals surface area contributed by atoms with Crippen molar-refractivity contribution in [2.45, 2.75) is 26.4 Å². The van der Waals surface area contributed by atoms with Gasteiger partial charge in [0, 0.05) is 6.07 Å². The van der Waals surface area contributed by atoms with E-state index in [1.54, 1.807) is 20.8 Å². The van der Waals surface area contributed by atoms with Crippen molar-refractivity contribution in [2.75, 3.05) is 5.32 Å². The van der Waals surface area contributed by atoms with Gasteiger partial charge < -0.3 is 4.74 Å². The van der Waals surface area contributed by atoms with Crippen LogP contribution in [0.5, 0.6) is 0 Å². The van der Waals surface area contributed by atoms with Gasteiger partial charge in [-0.2, -0.15) is 10.4 Å². The monoisotopic (exact) mass is 320 g/mol. The molecule has 1 aromatic heterocycles. The fourth-order valence-electron chi connectivity index (χ4n) is 1.76. The molecule has 0 unspecified atom stereocenters. The summed E-state index contributed by atoms with van der Waals surface area (Å²) in [6, 6.07) is 4.96. The summed E-state index contributed by atoms with van der Waals surface area (Å²) in [6.45, 7) is 5.05. The molecule has 1 amide bonds. The standard InChI is InChI=1S/C15H14F2N4O2/c1-15(2,3)23-14(22)20-13-9(7-18)8-19-21(13)10-4-5-11(16)12(17)6-10/h4-6,8H,1-3H3,(H,20,22). The van der Waals surface area contributed by atoms with Gasteiger partial charge in [-0.25, -0.2) is 18.3 Å². The van der Waals surface area contributed by atoms with Gasteiger partial charge in [0.2, 0.25) is 0 Å². The molecule has 1 aromatic carbocycles. The Balaban J connectivity index is 2.39. The first-order chi connectivity index (χ1) is 10.7. The lowest BCUT2D eigenvalue weighted by atomic mass is 10.2. The number of hydrogen-bond donors (Lipinski definition) is 1. The summed E-state index contributed by atoms with van der Waals surface area (Å²) in [6.07, 6.45) is 0.409. The first-order valence-electron chi connectivity index (χ1n) is 6.65. The summed E-state index contributed by atoms with van der Waals surface area (Å²) in [7, 11) is 0. The molecule has 0 aliphatic heterocycles. The number of carbonyl (C=O) groups is 1. The minimum atomic E-state index is -1.07. The Morgan fingerprint density at radius 1 is 1.35 bits per heavy atom. The Labute approximate surface area is 131 Å². The summed E-state index contributed by atoms with van der Waals surface area (Å²) < 4.78 is 32.6. The molecule has 0 radical (unpaired) electrons. The van der Waals surface area contributed by atoms with Crippen LogP contribution in [0.2, 0.25) is 0 Å². The van der Waals surface area contributed by atoms with Crippen LogP contribution in [0, 0.1) is 23.0 Å². The van der Waals surface area contributed by atoms with Gasteiger partial charge in [-0.3, -0.25) is 5.32 Å². The fraction of sp³-hybridized carbons (Fsp3) is 0.267. The van der Waals surface area contributed by atoms with E-state index >= 15 is 0 Å². The van der Waals surface area contributed by atoms with Crippen molar-refractivity contribution in [3.05, 3.63) is 41.6 Å². The number of nitrogens with zero attached hydrogens (tertiary/aromatic N) is 3. The molecule has 1 N–H and O–H groups in total. The predicted octanol–water partition coefficient (Wildman–Crippen LogP) is 3.37. The van der Waals surface area contributed by atoms with E-state index in [1.165, 1.54) is 12.3 Å². The van der Waals surface area contributed by atoms with Crippen LogP contribution in [0.25, 0.3) is 5.69 Å². The molecule has 0 bridgehead atoms. The molecular weight excluding hydrogens is 306 g/mol. The van der Waals surface area contributed by atoms with Crippen LogP contribution < -0.4 is 5.32 Å². The zero-order valence-electron chi connectivity index (χ0n) is 12.7. The number of hydrogen-bond acceptors (Lipinski definition) is 4. The molecule has 1 heterocycles. The zero-order chi connectivity index (χ0) is 17.2. The summed E-state index contributed by atoms with van der Waals surface area (Å²) >= 11 is 0. The number of aromatic nitrogens is 2. The molecule has 0 spiro atoms. The van der Waals surface area contributed by atoms with Gasteiger partial charge in [-0.15, -0.1) is 0 Å². The normalized spacial score (nSPS) is 11.0. The lowest BCUT2D eigenvalue weighted by molar-refractivity contribution is 0.0635. The molecule has 23 heavy (non-hydrogen) atoms. The maximum atomic E-state index is 13.4. The van der Waals surface area contributed by atoms with Crippen molar-refractivity contribution < 1.29 is 18.3 Å². The van der Waals surface area contributed by atoms with E-state index in [1.807, 2.05) is 6.07 Å². The number of nitrogens with one attached hydrogen (secondary N) is 1. The Morgan fingerprint density at radius 2 is 2.04 bits per heavy atom. The molecule has 0 fully saturated rings. The number of nitriles is 1. The van der Waals surface area contributed by atoms with Gasteiger partial charge in [0.05, 0.1) is 11.9 Å². The molecule has 120 valence electrons. The van der Waals surface area contributed by atoms with Crippen LogP contribution in [-0.4, -0.2) is 21.5 Å². The van der Waals surface area contributed by atoms with Gasteiger partial charge in [0.15, 0.2) is 17.5 Å². The molecule has 6 nitrogen and oxygen atoms in total. The lowest BCUT2D eigenvalue weighted by Crippen LogP contribution is -2.28. The van der Waals surface area contributed by atoms with Gasteiger partial charge in [-0.1, -0.05) is 0 Å². The van der Waals surface area contributed by atoms with E-state index in [4.69, 9.17) is 10.00 Å². The fourth-order valence-corrected chi connectivity index (χ4v) is 1.76. The van der Waals surface area contributed by atoms with Crippen LogP contribution in [0.3, 0.4) is 0 Å². The average molecular weight is 320 g/mol. The highest BCUT2D eigenvalue weighted by Gasteiger charge is 2.20. The van der Waals surface area contributed by atoms with Crippen LogP contribution in [-0.2, 0) is 4.74 Å². The van der Waals surface area contributed by atoms with E-state index in [9.17, 15) is 13.6 Å². The van der Waals surface area contributed by atoms with Crippen LogP contribution in [0.4, 0.5) is 19.4 Å². The van der Waals surface area contributed by atoms with Crippen molar-refractivity contribution in [3.8, 4) is 11.8 Å². The van der Waals surface area contributed by atoms with Crippen molar-refractivity contribution in [3.63, 3.8) is 0 Å². The van der Waals surface area contributed by atoms with Crippen molar-refractivity contribution in [1.82, 2.24) is 9.78 Å². The van der Waals surface area contributed by atoms with E-state index in [0.717, 1.165) is 16.8 Å². The topological polar surface area (TPSA) is 79.9 Å². The van der Waals surface area contributed by atoms with Crippen molar-refractivity contribution >= 4 is 11.9 Å². The number of halogens is 2. The summed E-state index contributed by atoms with van der Waals surface area (Å²) in [4.78, 5) is 11.9. The van der Waals surface area contributed by atoms with Crippen LogP contribution in [0.15, 0.2) is 24.4 Å². The van der Waals surface area contributed by atoms with Gasteiger partial charge in [0.1, 0.15) is 17.2 Å². The second kappa shape index (κ2) is 6.04. The molecule has 0 atom stereocenters. The first-order valence-corrected chi connectivity index (χ1v) is 6.65. The van der Waals surface area contributed by atoms with Gasteiger partial charge in [0.25, 0.3) is 0 Å². The molecule has 2 rings (SSSR count). The third-order valence-electron chi connectivity index (χ3n) is 2.66. The van der Waals surface area contributed by atoms with Gasteiger partial charge in [-0.05, 0) is 32.9 Å². The summed E-state index contributed by atoms with van der Waals surface area (Å²) in [5.74, 6) is -2.07. The van der Waals surface area contributed by atoms with Crippen molar-refractivity contribution in [1.29, 1.82) is 5.26 Å². The number of amides is 1. The lowest BCUT2D eigenvalue weighted by Gasteiger charge is -2.20. The Morgan fingerprint density at radius 3 is 2.61 bits per heavy atom. The minimum absolute atomic E-state index is 0.00718. The quantitative estimate of drug-likeness (QED) is 0.920. The van der Waals surface area contributed by atoms with E-state index in [-0.39, 0.29) is 17.1 Å². The molecular formula is C15H14F2N4O2. The summed E-state index contributed by atoms with van der Waals surface area (Å²) in [5.41, 5.74) is -0.527. The number of rotatable bonds is 2. The summed E-state index contributed by atoms with van der Waals surface area (Å²) in [5, 5.41) is 15.4. The third-order valence-corrected chi connectivity index (χ3v) is 2.66. The number of benzene rings is 1. The van der Waals surface area contributed by atoms with E-state index in [0.29, 0.717) is 0 Å². The molecule has 8 heteroatoms. The smallest absolute Gasteiger partial charge is 0.413 e. The predicted molar refractivity (Wildman–Crippen MR) is 78.1 cm³/mol. The van der Waals surface area contributed by atoms with Crippen LogP contribution >= 0.6 is 0 Å². The maximum absolute atomic E-state index is 13.4. The maximum Gasteiger partial charge on any atom is 0.413 e. The molecule has 0 aliphatic carbocycles. The Bertz CT molecular complexity index is 788. The van der Waals surface area contributed by atoms with Gasteiger partial charge >= 0.3 is 6.09 Å². The average Bonchev–Trinajstić information content (AvgIpc) is 2.82. The number of anilines is 1. The van der Waals surface area contributed by atoms with Crippen LogP contribution in [0.1, 0.15) is 26.3 Å². The van der Waals surface area contributed by atoms with E-state index in [2.05, 4.69) is 10.4 Å². The highest BCUT2D eigenvalue weighted by molar-refractivity contribution is 5.86. The second-order valence-electron chi connectivity index (χ2n) is 5.66. The highest BCUT2D eigenvalue weighted by Crippen LogP contribution is 2.22. The molecule has 0 aliphatic rings. The second-order valence-corrected chi connectivity index (χ2v) is 5.66. The molecule has 0 saturated heterocycles. The first kappa shape index (κ1) is 16.4.